The minimum Gasteiger partial charge on any atom is -0.480 e. The fourth-order valence-electron chi connectivity index (χ4n) is 4.08. The molecule has 1 aliphatic rings. The molecule has 0 radical (unpaired) electrons. The highest BCUT2D eigenvalue weighted by Crippen LogP contribution is 2.21. The second-order valence-electron chi connectivity index (χ2n) is 8.84. The first-order valence-corrected chi connectivity index (χ1v) is 13.6. The van der Waals surface area contributed by atoms with Crippen LogP contribution in [-0.4, -0.2) is 61.0 Å². The molecule has 0 bridgehead atoms. The molecule has 0 aliphatic carbocycles. The van der Waals surface area contributed by atoms with Crippen LogP contribution in [0.1, 0.15) is 36.7 Å². The molecule has 4 rings (SSSR count). The molecule has 3 aromatic rings. The second-order valence-corrected chi connectivity index (χ2v) is 10.5. The number of carboxylic acids is 1. The number of carboxylic acid groups (broad SMARTS) is 1. The van der Waals surface area contributed by atoms with E-state index in [1.54, 1.807) is 6.20 Å². The molecule has 0 amide bonds. The summed E-state index contributed by atoms with van der Waals surface area (Å²) in [6.45, 7) is 5.23. The van der Waals surface area contributed by atoms with Crippen molar-refractivity contribution >= 4 is 21.9 Å². The Morgan fingerprint density at radius 2 is 1.81 bits per heavy atom. The van der Waals surface area contributed by atoms with Crippen molar-refractivity contribution in [3.63, 3.8) is 0 Å². The normalized spacial score (nSPS) is 15.1. The van der Waals surface area contributed by atoms with E-state index in [1.807, 2.05) is 62.4 Å². The summed E-state index contributed by atoms with van der Waals surface area (Å²) in [4.78, 5) is 17.7. The van der Waals surface area contributed by atoms with Gasteiger partial charge in [-0.3, -0.25) is 4.79 Å². The number of aromatic nitrogens is 1. The summed E-state index contributed by atoms with van der Waals surface area (Å²) < 4.78 is 34.6. The minimum absolute atomic E-state index is 0.246. The number of rotatable bonds is 8. The van der Waals surface area contributed by atoms with Gasteiger partial charge in [0, 0.05) is 48.6 Å². The average Bonchev–Trinajstić information content (AvgIpc) is 3.34. The number of hydrogen-bond acceptors (Lipinski definition) is 6. The monoisotopic (exact) mass is 522 g/mol. The Morgan fingerprint density at radius 1 is 1.11 bits per heavy atom. The predicted octanol–water partition coefficient (Wildman–Crippen LogP) is 3.26. The van der Waals surface area contributed by atoms with Gasteiger partial charge in [0.05, 0.1) is 6.20 Å². The van der Waals surface area contributed by atoms with Gasteiger partial charge >= 0.3 is 5.97 Å². The highest BCUT2D eigenvalue weighted by atomic mass is 32.2. The van der Waals surface area contributed by atoms with Crippen molar-refractivity contribution in [3.8, 4) is 23.3 Å². The van der Waals surface area contributed by atoms with Crippen LogP contribution in [-0.2, 0) is 15.0 Å². The molecule has 10 heteroatoms. The lowest BCUT2D eigenvalue weighted by Gasteiger charge is -2.35. The third kappa shape index (κ3) is 6.77. The Hall–Kier alpha value is -3.65. The van der Waals surface area contributed by atoms with E-state index < -0.39 is 22.2 Å². The van der Waals surface area contributed by atoms with E-state index in [0.717, 1.165) is 28.1 Å². The molecule has 0 unspecified atom stereocenters. The number of carbonyl (C=O) groups is 1. The van der Waals surface area contributed by atoms with E-state index in [-0.39, 0.29) is 19.5 Å². The summed E-state index contributed by atoms with van der Waals surface area (Å²) in [6.07, 6.45) is 2.51. The molecule has 1 saturated heterocycles. The second kappa shape index (κ2) is 11.6. The van der Waals surface area contributed by atoms with Gasteiger partial charge in [-0.2, -0.15) is 17.4 Å². The molecule has 1 aromatic heterocycles. The highest BCUT2D eigenvalue weighted by Gasteiger charge is 2.31. The van der Waals surface area contributed by atoms with Gasteiger partial charge in [-0.25, -0.2) is 4.98 Å². The van der Waals surface area contributed by atoms with Crippen LogP contribution in [0.5, 0.6) is 0 Å². The Bertz CT molecular complexity index is 1400. The standard InChI is InChI=1S/C27H30N4O5S/c1-3-5-25(27(32)33)29-37(34,35)31-16-14-30(15-17-31)24-12-10-21(11-13-24)8-9-22-6-4-7-23(18-22)26-28-19-20(2)36-26/h4,6-7,10-13,18-19,25,29H,3,5,14-17H2,1-2H3,(H,32,33)/t25-/m0/s1. The molecule has 194 valence electrons. The molecule has 2 aromatic carbocycles. The number of benzene rings is 2. The predicted molar refractivity (Wildman–Crippen MR) is 141 cm³/mol. The molecular formula is C27H30N4O5S. The minimum atomic E-state index is -3.87. The largest absolute Gasteiger partial charge is 0.480 e. The zero-order valence-electron chi connectivity index (χ0n) is 20.8. The van der Waals surface area contributed by atoms with E-state index in [4.69, 9.17) is 4.42 Å². The quantitative estimate of drug-likeness (QED) is 0.436. The van der Waals surface area contributed by atoms with Crippen molar-refractivity contribution in [2.75, 3.05) is 31.1 Å². The molecule has 9 nitrogen and oxygen atoms in total. The fourth-order valence-corrected chi connectivity index (χ4v) is 5.45. The van der Waals surface area contributed by atoms with Crippen LogP contribution < -0.4 is 9.62 Å². The van der Waals surface area contributed by atoms with E-state index in [1.165, 1.54) is 4.31 Å². The van der Waals surface area contributed by atoms with Crippen molar-refractivity contribution in [2.45, 2.75) is 32.7 Å². The van der Waals surface area contributed by atoms with Gasteiger partial charge in [-0.1, -0.05) is 31.3 Å². The van der Waals surface area contributed by atoms with Gasteiger partial charge in [0.1, 0.15) is 11.8 Å². The Labute approximate surface area is 217 Å². The van der Waals surface area contributed by atoms with Crippen molar-refractivity contribution in [2.24, 2.45) is 0 Å². The molecule has 0 saturated carbocycles. The summed E-state index contributed by atoms with van der Waals surface area (Å²) in [6, 6.07) is 14.4. The topological polar surface area (TPSA) is 116 Å². The van der Waals surface area contributed by atoms with Crippen LogP contribution in [0.4, 0.5) is 5.69 Å². The summed E-state index contributed by atoms with van der Waals surface area (Å²) >= 11 is 0. The smallest absolute Gasteiger partial charge is 0.321 e. The number of aryl methyl sites for hydroxylation is 1. The van der Waals surface area contributed by atoms with Crippen LogP contribution in [0.2, 0.25) is 0 Å². The number of hydrogen-bond donors (Lipinski definition) is 2. The van der Waals surface area contributed by atoms with Gasteiger partial charge in [0.25, 0.3) is 10.2 Å². The zero-order chi connectivity index (χ0) is 26.4. The molecule has 1 atom stereocenters. The van der Waals surface area contributed by atoms with Gasteiger partial charge < -0.3 is 14.4 Å². The average molecular weight is 523 g/mol. The first kappa shape index (κ1) is 26.4. The van der Waals surface area contributed by atoms with Crippen molar-refractivity contribution < 1.29 is 22.7 Å². The van der Waals surface area contributed by atoms with Crippen LogP contribution in [0.3, 0.4) is 0 Å². The summed E-state index contributed by atoms with van der Waals surface area (Å²) in [7, 11) is -3.87. The highest BCUT2D eigenvalue weighted by molar-refractivity contribution is 7.87. The maximum atomic E-state index is 12.7. The molecule has 1 aliphatic heterocycles. The summed E-state index contributed by atoms with van der Waals surface area (Å²) in [5.74, 6) is 6.51. The van der Waals surface area contributed by atoms with Crippen molar-refractivity contribution in [1.29, 1.82) is 0 Å². The Morgan fingerprint density at radius 3 is 2.43 bits per heavy atom. The van der Waals surface area contributed by atoms with Crippen molar-refractivity contribution in [1.82, 2.24) is 14.0 Å². The number of anilines is 1. The van der Waals surface area contributed by atoms with Gasteiger partial charge in [-0.05, 0) is 55.8 Å². The van der Waals surface area contributed by atoms with E-state index >= 15 is 0 Å². The maximum Gasteiger partial charge on any atom is 0.321 e. The Balaban J connectivity index is 1.36. The van der Waals surface area contributed by atoms with Gasteiger partial charge in [0.2, 0.25) is 5.89 Å². The van der Waals surface area contributed by atoms with Crippen LogP contribution in [0.25, 0.3) is 11.5 Å². The van der Waals surface area contributed by atoms with Crippen molar-refractivity contribution in [3.05, 3.63) is 71.6 Å². The van der Waals surface area contributed by atoms with E-state index in [2.05, 4.69) is 26.4 Å². The zero-order valence-corrected chi connectivity index (χ0v) is 21.7. The lowest BCUT2D eigenvalue weighted by atomic mass is 10.1. The molecule has 2 N–H and O–H groups in total. The number of nitrogens with one attached hydrogen (secondary N) is 1. The first-order chi connectivity index (χ1) is 17.7. The molecule has 0 spiro atoms. The SMILES string of the molecule is CCC[C@H](NS(=O)(=O)N1CCN(c2ccc(C#Cc3cccc(-c4ncc(C)o4)c3)cc2)CC1)C(=O)O. The Kier molecular flexibility index (Phi) is 8.28. The van der Waals surface area contributed by atoms with E-state index in [9.17, 15) is 18.3 Å². The number of aliphatic carboxylic acids is 1. The van der Waals surface area contributed by atoms with Crippen LogP contribution in [0.15, 0.2) is 59.1 Å². The van der Waals surface area contributed by atoms with E-state index in [0.29, 0.717) is 25.4 Å². The summed E-state index contributed by atoms with van der Waals surface area (Å²) in [5, 5.41) is 9.27. The molecule has 1 fully saturated rings. The number of piperazine rings is 1. The fraction of sp³-hybridized carbons (Fsp3) is 0.333. The van der Waals surface area contributed by atoms with Gasteiger partial charge in [-0.15, -0.1) is 0 Å². The van der Waals surface area contributed by atoms with Gasteiger partial charge in [0.15, 0.2) is 0 Å². The molecule has 37 heavy (non-hydrogen) atoms. The maximum absolute atomic E-state index is 12.7. The lowest BCUT2D eigenvalue weighted by molar-refractivity contribution is -0.139. The van der Waals surface area contributed by atoms with Crippen LogP contribution in [0, 0.1) is 18.8 Å². The first-order valence-electron chi connectivity index (χ1n) is 12.2. The number of oxazole rings is 1. The summed E-state index contributed by atoms with van der Waals surface area (Å²) in [5.41, 5.74) is 3.57. The number of nitrogens with zero attached hydrogens (tertiary/aromatic N) is 3. The lowest BCUT2D eigenvalue weighted by Crippen LogP contribution is -2.54. The third-order valence-corrected chi connectivity index (χ3v) is 7.69. The molecule has 2 heterocycles. The third-order valence-electron chi connectivity index (χ3n) is 6.06. The molecular weight excluding hydrogens is 492 g/mol. The van der Waals surface area contributed by atoms with Crippen LogP contribution >= 0.6 is 0 Å².